The van der Waals surface area contributed by atoms with Gasteiger partial charge in [-0.2, -0.15) is 0 Å². The Balaban J connectivity index is 1.69. The van der Waals surface area contributed by atoms with Crippen LogP contribution in [0.4, 0.5) is 0 Å². The smallest absolute Gasteiger partial charge is 0.258 e. The fraction of sp³-hybridized carbons (Fsp3) is 0.364. The maximum absolute atomic E-state index is 12.3. The van der Waals surface area contributed by atoms with Gasteiger partial charge in [-0.05, 0) is 37.6 Å². The summed E-state index contributed by atoms with van der Waals surface area (Å²) in [5.74, 6) is 1.42. The van der Waals surface area contributed by atoms with E-state index in [1.807, 2.05) is 55.5 Å². The van der Waals surface area contributed by atoms with Gasteiger partial charge in [0.2, 0.25) is 0 Å². The van der Waals surface area contributed by atoms with E-state index in [-0.39, 0.29) is 18.6 Å². The van der Waals surface area contributed by atoms with E-state index < -0.39 is 0 Å². The minimum Gasteiger partial charge on any atom is -0.484 e. The molecule has 0 bridgehead atoms. The van der Waals surface area contributed by atoms with Crippen LogP contribution in [0.1, 0.15) is 45.0 Å². The molecule has 3 aromatic rings. The van der Waals surface area contributed by atoms with Crippen LogP contribution < -0.4 is 10.1 Å². The summed E-state index contributed by atoms with van der Waals surface area (Å²) in [5, 5.41) is 3.01. The van der Waals surface area contributed by atoms with Crippen molar-refractivity contribution in [3.05, 3.63) is 60.4 Å². The zero-order valence-electron chi connectivity index (χ0n) is 16.0. The number of nitrogens with one attached hydrogen (secondary N) is 1. The Labute approximate surface area is 160 Å². The van der Waals surface area contributed by atoms with E-state index in [1.165, 1.54) is 12.8 Å². The van der Waals surface area contributed by atoms with E-state index >= 15 is 0 Å². The summed E-state index contributed by atoms with van der Waals surface area (Å²) in [7, 11) is 0. The number of amides is 1. The maximum Gasteiger partial charge on any atom is 0.258 e. The summed E-state index contributed by atoms with van der Waals surface area (Å²) < 4.78 is 7.76. The second kappa shape index (κ2) is 9.21. The Morgan fingerprint density at radius 2 is 1.85 bits per heavy atom. The van der Waals surface area contributed by atoms with Crippen molar-refractivity contribution < 1.29 is 9.53 Å². The number of ether oxygens (including phenoxy) is 1. The van der Waals surface area contributed by atoms with Crippen molar-refractivity contribution in [2.45, 2.75) is 45.7 Å². The summed E-state index contributed by atoms with van der Waals surface area (Å²) in [5.41, 5.74) is 2.08. The second-order valence-electron chi connectivity index (χ2n) is 6.71. The number of benzene rings is 2. The molecule has 0 aliphatic heterocycles. The molecule has 0 spiro atoms. The van der Waals surface area contributed by atoms with Crippen LogP contribution in [0.2, 0.25) is 0 Å². The van der Waals surface area contributed by atoms with Crippen molar-refractivity contribution in [1.29, 1.82) is 0 Å². The molecule has 1 N–H and O–H groups in total. The summed E-state index contributed by atoms with van der Waals surface area (Å²) in [4.78, 5) is 17.1. The molecule has 27 heavy (non-hydrogen) atoms. The summed E-state index contributed by atoms with van der Waals surface area (Å²) >= 11 is 0. The molecule has 2 aromatic carbocycles. The molecule has 0 aliphatic carbocycles. The first-order chi connectivity index (χ1) is 13.2. The van der Waals surface area contributed by atoms with Gasteiger partial charge in [0.15, 0.2) is 6.61 Å². The predicted octanol–water partition coefficient (Wildman–Crippen LogP) is 4.48. The van der Waals surface area contributed by atoms with E-state index in [0.29, 0.717) is 5.75 Å². The van der Waals surface area contributed by atoms with Crippen molar-refractivity contribution in [2.24, 2.45) is 0 Å². The molecule has 142 valence electrons. The van der Waals surface area contributed by atoms with Crippen LogP contribution in [0.25, 0.3) is 11.0 Å². The summed E-state index contributed by atoms with van der Waals surface area (Å²) in [6.45, 7) is 5.06. The van der Waals surface area contributed by atoms with E-state index in [2.05, 4.69) is 22.9 Å². The van der Waals surface area contributed by atoms with Crippen LogP contribution in [-0.4, -0.2) is 22.1 Å². The molecule has 5 heteroatoms. The normalized spacial score (nSPS) is 12.1. The van der Waals surface area contributed by atoms with Crippen molar-refractivity contribution in [1.82, 2.24) is 14.9 Å². The average molecular weight is 365 g/mol. The SMILES string of the molecule is CCCCCn1c([C@@H](C)NC(=O)COc2ccccc2)nc2ccccc21. The molecule has 1 aromatic heterocycles. The highest BCUT2D eigenvalue weighted by atomic mass is 16.5. The minimum absolute atomic E-state index is 0.00951. The first-order valence-corrected chi connectivity index (χ1v) is 9.61. The van der Waals surface area contributed by atoms with Gasteiger partial charge in [0, 0.05) is 6.54 Å². The first-order valence-electron chi connectivity index (χ1n) is 9.61. The Kier molecular flexibility index (Phi) is 6.47. The van der Waals surface area contributed by atoms with Crippen molar-refractivity contribution in [3.63, 3.8) is 0 Å². The van der Waals surface area contributed by atoms with E-state index in [1.54, 1.807) is 0 Å². The summed E-state index contributed by atoms with van der Waals surface area (Å²) in [6, 6.07) is 17.3. The fourth-order valence-corrected chi connectivity index (χ4v) is 3.19. The maximum atomic E-state index is 12.3. The number of carbonyl (C=O) groups is 1. The van der Waals surface area contributed by atoms with Gasteiger partial charge < -0.3 is 14.6 Å². The highest BCUT2D eigenvalue weighted by Gasteiger charge is 2.18. The number of unbranched alkanes of at least 4 members (excludes halogenated alkanes) is 2. The third kappa shape index (κ3) is 4.88. The molecule has 0 saturated heterocycles. The van der Waals surface area contributed by atoms with Crippen LogP contribution in [0.3, 0.4) is 0 Å². The van der Waals surface area contributed by atoms with Crippen molar-refractivity contribution >= 4 is 16.9 Å². The number of fused-ring (bicyclic) bond motifs is 1. The van der Waals surface area contributed by atoms with Crippen molar-refractivity contribution in [2.75, 3.05) is 6.61 Å². The number of para-hydroxylation sites is 3. The van der Waals surface area contributed by atoms with Crippen LogP contribution in [0.15, 0.2) is 54.6 Å². The Morgan fingerprint density at radius 3 is 2.63 bits per heavy atom. The molecule has 3 rings (SSSR count). The molecule has 1 heterocycles. The zero-order chi connectivity index (χ0) is 19.1. The molecule has 0 unspecified atom stereocenters. The number of hydrogen-bond donors (Lipinski definition) is 1. The van der Waals surface area contributed by atoms with E-state index in [0.717, 1.165) is 29.8 Å². The van der Waals surface area contributed by atoms with E-state index in [9.17, 15) is 4.79 Å². The number of carbonyl (C=O) groups excluding carboxylic acids is 1. The van der Waals surface area contributed by atoms with E-state index in [4.69, 9.17) is 9.72 Å². The highest BCUT2D eigenvalue weighted by molar-refractivity contribution is 5.79. The molecule has 0 radical (unpaired) electrons. The third-order valence-corrected chi connectivity index (χ3v) is 4.55. The molecule has 1 amide bonds. The third-order valence-electron chi connectivity index (χ3n) is 4.55. The lowest BCUT2D eigenvalue weighted by molar-refractivity contribution is -0.123. The Morgan fingerprint density at radius 1 is 1.11 bits per heavy atom. The van der Waals surface area contributed by atoms with Gasteiger partial charge in [-0.25, -0.2) is 4.98 Å². The van der Waals surface area contributed by atoms with Crippen LogP contribution in [-0.2, 0) is 11.3 Å². The van der Waals surface area contributed by atoms with Gasteiger partial charge in [-0.15, -0.1) is 0 Å². The molecule has 0 saturated carbocycles. The monoisotopic (exact) mass is 365 g/mol. The van der Waals surface area contributed by atoms with Crippen molar-refractivity contribution in [3.8, 4) is 5.75 Å². The Hall–Kier alpha value is -2.82. The van der Waals surface area contributed by atoms with Crippen LogP contribution in [0.5, 0.6) is 5.75 Å². The molecular weight excluding hydrogens is 338 g/mol. The number of aryl methyl sites for hydroxylation is 1. The first kappa shape index (κ1) is 19.0. The number of nitrogens with zero attached hydrogens (tertiary/aromatic N) is 2. The quantitative estimate of drug-likeness (QED) is 0.569. The van der Waals surface area contributed by atoms with Gasteiger partial charge in [0.1, 0.15) is 11.6 Å². The number of rotatable bonds is 9. The number of imidazole rings is 1. The molecule has 0 aliphatic rings. The molecule has 5 nitrogen and oxygen atoms in total. The molecule has 0 fully saturated rings. The fourth-order valence-electron chi connectivity index (χ4n) is 3.19. The predicted molar refractivity (Wildman–Crippen MR) is 108 cm³/mol. The number of aromatic nitrogens is 2. The molecular formula is C22H27N3O2. The average Bonchev–Trinajstić information content (AvgIpc) is 3.06. The van der Waals surface area contributed by atoms with Crippen LogP contribution in [0, 0.1) is 0 Å². The van der Waals surface area contributed by atoms with Gasteiger partial charge in [0.05, 0.1) is 17.1 Å². The lowest BCUT2D eigenvalue weighted by Crippen LogP contribution is -2.32. The lowest BCUT2D eigenvalue weighted by Gasteiger charge is -2.16. The van der Waals surface area contributed by atoms with Gasteiger partial charge in [-0.1, -0.05) is 50.1 Å². The topological polar surface area (TPSA) is 56.2 Å². The Bertz CT molecular complexity index is 874. The highest BCUT2D eigenvalue weighted by Crippen LogP contribution is 2.21. The summed E-state index contributed by atoms with van der Waals surface area (Å²) in [6.07, 6.45) is 3.45. The van der Waals surface area contributed by atoms with Crippen LogP contribution >= 0.6 is 0 Å². The zero-order valence-corrected chi connectivity index (χ0v) is 16.0. The minimum atomic E-state index is -0.189. The van der Waals surface area contributed by atoms with Gasteiger partial charge in [-0.3, -0.25) is 4.79 Å². The largest absolute Gasteiger partial charge is 0.484 e. The van der Waals surface area contributed by atoms with Gasteiger partial charge in [0.25, 0.3) is 5.91 Å². The van der Waals surface area contributed by atoms with Gasteiger partial charge >= 0.3 is 0 Å². The molecule has 1 atom stereocenters. The second-order valence-corrected chi connectivity index (χ2v) is 6.71. The standard InChI is InChI=1S/C22H27N3O2/c1-3-4-10-15-25-20-14-9-8-13-19(20)24-22(25)17(2)23-21(26)16-27-18-11-6-5-7-12-18/h5-9,11-14,17H,3-4,10,15-16H2,1-2H3,(H,23,26)/t17-/m1/s1. The lowest BCUT2D eigenvalue weighted by atomic mass is 10.2. The number of hydrogen-bond acceptors (Lipinski definition) is 3.